The standard InChI is InChI=1S/C23H19Cl2N3O2/c1-14-6-9-16(10-7-14)26-22(29)19-12-8-15-4-2-3-5-18(15)28(19)23(30)21-17(24)11-13-20(25)27-21/h2-7,9-11,13,19H,8,12H2,1H3,(H,26,29). The van der Waals surface area contributed by atoms with Crippen molar-refractivity contribution in [2.75, 3.05) is 10.2 Å². The Hall–Kier alpha value is -2.89. The van der Waals surface area contributed by atoms with Gasteiger partial charge in [-0.15, -0.1) is 0 Å². The molecule has 1 unspecified atom stereocenters. The average Bonchev–Trinajstić information content (AvgIpc) is 2.75. The third kappa shape index (κ3) is 4.04. The number of aromatic nitrogens is 1. The van der Waals surface area contributed by atoms with Crippen LogP contribution in [-0.2, 0) is 11.2 Å². The van der Waals surface area contributed by atoms with Crippen LogP contribution in [0.25, 0.3) is 0 Å². The summed E-state index contributed by atoms with van der Waals surface area (Å²) in [6.45, 7) is 1.98. The Balaban J connectivity index is 1.72. The van der Waals surface area contributed by atoms with Gasteiger partial charge < -0.3 is 5.32 Å². The maximum Gasteiger partial charge on any atom is 0.279 e. The zero-order valence-electron chi connectivity index (χ0n) is 16.2. The Bertz CT molecular complexity index is 1120. The minimum absolute atomic E-state index is 0.0222. The fraction of sp³-hybridized carbons (Fsp3) is 0.174. The van der Waals surface area contributed by atoms with Gasteiger partial charge in [-0.25, -0.2) is 4.98 Å². The van der Waals surface area contributed by atoms with Crippen LogP contribution in [0.3, 0.4) is 0 Å². The second kappa shape index (κ2) is 8.46. The van der Waals surface area contributed by atoms with Gasteiger partial charge in [-0.1, -0.05) is 59.1 Å². The lowest BCUT2D eigenvalue weighted by atomic mass is 9.94. The monoisotopic (exact) mass is 439 g/mol. The highest BCUT2D eigenvalue weighted by atomic mass is 35.5. The summed E-state index contributed by atoms with van der Waals surface area (Å²) in [5.41, 5.74) is 3.46. The Labute approximate surface area is 184 Å². The summed E-state index contributed by atoms with van der Waals surface area (Å²) >= 11 is 12.2. The van der Waals surface area contributed by atoms with Crippen molar-refractivity contribution < 1.29 is 9.59 Å². The molecule has 2 amide bonds. The van der Waals surface area contributed by atoms with Crippen molar-refractivity contribution in [3.05, 3.63) is 87.7 Å². The van der Waals surface area contributed by atoms with E-state index in [0.717, 1.165) is 11.1 Å². The smallest absolute Gasteiger partial charge is 0.279 e. The van der Waals surface area contributed by atoms with E-state index in [4.69, 9.17) is 23.2 Å². The van der Waals surface area contributed by atoms with E-state index in [2.05, 4.69) is 10.3 Å². The highest BCUT2D eigenvalue weighted by Gasteiger charge is 2.37. The van der Waals surface area contributed by atoms with Crippen LogP contribution in [0.2, 0.25) is 10.2 Å². The van der Waals surface area contributed by atoms with Gasteiger partial charge in [0, 0.05) is 11.4 Å². The van der Waals surface area contributed by atoms with Crippen LogP contribution in [0.4, 0.5) is 11.4 Å². The number of nitrogens with zero attached hydrogens (tertiary/aromatic N) is 2. The van der Waals surface area contributed by atoms with E-state index < -0.39 is 11.9 Å². The van der Waals surface area contributed by atoms with Crippen molar-refractivity contribution in [2.45, 2.75) is 25.8 Å². The van der Waals surface area contributed by atoms with Gasteiger partial charge in [-0.2, -0.15) is 0 Å². The molecule has 0 bridgehead atoms. The third-order valence-corrected chi connectivity index (χ3v) is 5.62. The molecule has 4 rings (SSSR count). The molecule has 0 saturated carbocycles. The predicted octanol–water partition coefficient (Wildman–Crippen LogP) is 5.30. The van der Waals surface area contributed by atoms with Crippen LogP contribution >= 0.6 is 23.2 Å². The van der Waals surface area contributed by atoms with Crippen molar-refractivity contribution in [1.82, 2.24) is 4.98 Å². The van der Waals surface area contributed by atoms with E-state index in [-0.39, 0.29) is 21.8 Å². The number of fused-ring (bicyclic) bond motifs is 1. The van der Waals surface area contributed by atoms with Crippen molar-refractivity contribution in [2.24, 2.45) is 0 Å². The molecule has 3 aromatic rings. The molecule has 0 saturated heterocycles. The molecule has 1 aliphatic heterocycles. The number of hydrogen-bond donors (Lipinski definition) is 1. The summed E-state index contributed by atoms with van der Waals surface area (Å²) in [6, 6.07) is 17.4. The second-order valence-corrected chi connectivity index (χ2v) is 7.97. The van der Waals surface area contributed by atoms with Crippen LogP contribution < -0.4 is 10.2 Å². The normalized spacial score (nSPS) is 15.4. The Morgan fingerprint density at radius 2 is 1.77 bits per heavy atom. The molecule has 2 aromatic carbocycles. The lowest BCUT2D eigenvalue weighted by Gasteiger charge is -2.36. The summed E-state index contributed by atoms with van der Waals surface area (Å²) < 4.78 is 0. The Kier molecular flexibility index (Phi) is 5.75. The van der Waals surface area contributed by atoms with Crippen molar-refractivity contribution in [3.8, 4) is 0 Å². The summed E-state index contributed by atoms with van der Waals surface area (Å²) in [4.78, 5) is 32.3. The van der Waals surface area contributed by atoms with E-state index in [1.54, 1.807) is 0 Å². The van der Waals surface area contributed by atoms with Gasteiger partial charge in [0.2, 0.25) is 5.91 Å². The molecule has 152 valence electrons. The van der Waals surface area contributed by atoms with Gasteiger partial charge in [0.25, 0.3) is 5.91 Å². The number of rotatable bonds is 3. The van der Waals surface area contributed by atoms with E-state index in [1.165, 1.54) is 17.0 Å². The van der Waals surface area contributed by atoms with Crippen LogP contribution in [0.15, 0.2) is 60.7 Å². The summed E-state index contributed by atoms with van der Waals surface area (Å²) in [5, 5.41) is 3.27. The van der Waals surface area contributed by atoms with Crippen molar-refractivity contribution >= 4 is 46.4 Å². The lowest BCUT2D eigenvalue weighted by molar-refractivity contribution is -0.117. The minimum atomic E-state index is -0.703. The van der Waals surface area contributed by atoms with E-state index in [1.807, 2.05) is 55.5 Å². The first-order chi connectivity index (χ1) is 14.4. The van der Waals surface area contributed by atoms with Crippen LogP contribution in [0.5, 0.6) is 0 Å². The van der Waals surface area contributed by atoms with E-state index >= 15 is 0 Å². The number of amides is 2. The van der Waals surface area contributed by atoms with Crippen molar-refractivity contribution in [3.63, 3.8) is 0 Å². The first kappa shape index (κ1) is 20.4. The lowest BCUT2D eigenvalue weighted by Crippen LogP contribution is -2.50. The molecule has 0 fully saturated rings. The maximum atomic E-state index is 13.5. The van der Waals surface area contributed by atoms with Gasteiger partial charge >= 0.3 is 0 Å². The van der Waals surface area contributed by atoms with Gasteiger partial charge in [0.15, 0.2) is 0 Å². The van der Waals surface area contributed by atoms with Crippen LogP contribution in [-0.4, -0.2) is 22.8 Å². The molecule has 5 nitrogen and oxygen atoms in total. The largest absolute Gasteiger partial charge is 0.324 e. The maximum absolute atomic E-state index is 13.5. The molecule has 1 aliphatic rings. The van der Waals surface area contributed by atoms with E-state index in [9.17, 15) is 9.59 Å². The fourth-order valence-electron chi connectivity index (χ4n) is 3.59. The second-order valence-electron chi connectivity index (χ2n) is 7.18. The highest BCUT2D eigenvalue weighted by molar-refractivity contribution is 6.35. The average molecular weight is 440 g/mol. The topological polar surface area (TPSA) is 62.3 Å². The number of benzene rings is 2. The summed E-state index contributed by atoms with van der Waals surface area (Å²) in [5.74, 6) is -0.724. The first-order valence-electron chi connectivity index (χ1n) is 9.55. The molecule has 7 heteroatoms. The predicted molar refractivity (Wildman–Crippen MR) is 119 cm³/mol. The number of para-hydroxylation sites is 1. The molecule has 1 atom stereocenters. The molecular formula is C23H19Cl2N3O2. The molecule has 0 radical (unpaired) electrons. The van der Waals surface area contributed by atoms with E-state index in [0.29, 0.717) is 24.2 Å². The number of pyridine rings is 1. The molecule has 30 heavy (non-hydrogen) atoms. The molecule has 0 spiro atoms. The van der Waals surface area contributed by atoms with Crippen molar-refractivity contribution in [1.29, 1.82) is 0 Å². The highest BCUT2D eigenvalue weighted by Crippen LogP contribution is 2.33. The molecule has 0 aliphatic carbocycles. The fourth-order valence-corrected chi connectivity index (χ4v) is 3.92. The van der Waals surface area contributed by atoms with Gasteiger partial charge in [0.05, 0.1) is 5.02 Å². The summed E-state index contributed by atoms with van der Waals surface area (Å²) in [6.07, 6.45) is 1.17. The zero-order valence-corrected chi connectivity index (χ0v) is 17.7. The SMILES string of the molecule is Cc1ccc(NC(=O)C2CCc3ccccc3N2C(=O)c2nc(Cl)ccc2Cl)cc1. The number of hydrogen-bond acceptors (Lipinski definition) is 3. The van der Waals surface area contributed by atoms with Gasteiger partial charge in [0.1, 0.15) is 16.9 Å². The third-order valence-electron chi connectivity index (χ3n) is 5.11. The number of anilines is 2. The van der Waals surface area contributed by atoms with Gasteiger partial charge in [-0.05, 0) is 55.7 Å². The Morgan fingerprint density at radius 3 is 2.53 bits per heavy atom. The molecule has 2 heterocycles. The molecule has 1 aromatic heterocycles. The van der Waals surface area contributed by atoms with Gasteiger partial charge in [-0.3, -0.25) is 14.5 Å². The van der Waals surface area contributed by atoms with Crippen LogP contribution in [0.1, 0.15) is 28.0 Å². The minimum Gasteiger partial charge on any atom is -0.324 e. The number of nitrogens with one attached hydrogen (secondary N) is 1. The van der Waals surface area contributed by atoms with Crippen LogP contribution in [0, 0.1) is 6.92 Å². The first-order valence-corrected chi connectivity index (χ1v) is 10.3. The number of halogens is 2. The summed E-state index contributed by atoms with van der Waals surface area (Å²) in [7, 11) is 0. The zero-order chi connectivity index (χ0) is 21.3. The molecule has 1 N–H and O–H groups in total. The quantitative estimate of drug-likeness (QED) is 0.563. The number of carbonyl (C=O) groups is 2. The molecular weight excluding hydrogens is 421 g/mol. The number of aryl methyl sites for hydroxylation is 2. The Morgan fingerprint density at radius 1 is 1.03 bits per heavy atom. The number of carbonyl (C=O) groups excluding carboxylic acids is 2.